The predicted octanol–water partition coefficient (Wildman–Crippen LogP) is 12.1. The Balaban J connectivity index is 1.33. The topological polar surface area (TPSA) is 16.4 Å². The highest BCUT2D eigenvalue weighted by Crippen LogP contribution is 2.43. The minimum absolute atomic E-state index is 0.872. The van der Waals surface area contributed by atoms with Crippen molar-refractivity contribution in [3.63, 3.8) is 0 Å². The Kier molecular flexibility index (Phi) is 7.22. The quantitative estimate of drug-likeness (QED) is 0.172. The molecule has 46 heavy (non-hydrogen) atoms. The lowest BCUT2D eigenvalue weighted by molar-refractivity contribution is 0.669. The van der Waals surface area contributed by atoms with E-state index in [1.54, 1.807) is 0 Å². The van der Waals surface area contributed by atoms with Crippen LogP contribution < -0.4 is 4.90 Å². The van der Waals surface area contributed by atoms with Gasteiger partial charge in [-0.15, -0.1) is 0 Å². The van der Waals surface area contributed by atoms with E-state index in [-0.39, 0.29) is 0 Å². The SMILES string of the molecule is c1ccc(C(=C(c2ccccc2)c2ccc(N(c3ccccc3)c3cccc4c3oc3ccccc34)cc2)c2ccccc2)cc1. The van der Waals surface area contributed by atoms with E-state index in [0.717, 1.165) is 44.6 Å². The van der Waals surface area contributed by atoms with Crippen molar-refractivity contribution in [1.82, 2.24) is 0 Å². The van der Waals surface area contributed by atoms with E-state index in [1.807, 2.05) is 12.1 Å². The van der Waals surface area contributed by atoms with Crippen LogP contribution in [0.1, 0.15) is 22.3 Å². The molecule has 1 aromatic heterocycles. The van der Waals surface area contributed by atoms with Gasteiger partial charge in [0.15, 0.2) is 5.58 Å². The Morgan fingerprint density at radius 3 is 1.35 bits per heavy atom. The summed E-state index contributed by atoms with van der Waals surface area (Å²) in [7, 11) is 0. The molecule has 2 heteroatoms. The molecule has 0 radical (unpaired) electrons. The van der Waals surface area contributed by atoms with Crippen LogP contribution in [0.4, 0.5) is 17.1 Å². The summed E-state index contributed by atoms with van der Waals surface area (Å²) >= 11 is 0. The summed E-state index contributed by atoms with van der Waals surface area (Å²) in [6.07, 6.45) is 0. The second-order valence-electron chi connectivity index (χ2n) is 11.3. The number of furan rings is 1. The Morgan fingerprint density at radius 1 is 0.348 bits per heavy atom. The fourth-order valence-corrected chi connectivity index (χ4v) is 6.41. The van der Waals surface area contributed by atoms with Crippen molar-refractivity contribution < 1.29 is 4.42 Å². The van der Waals surface area contributed by atoms with E-state index in [1.165, 1.54) is 27.8 Å². The molecule has 8 rings (SSSR count). The van der Waals surface area contributed by atoms with E-state index in [4.69, 9.17) is 4.42 Å². The average Bonchev–Trinajstić information content (AvgIpc) is 3.52. The summed E-state index contributed by atoms with van der Waals surface area (Å²) in [4.78, 5) is 2.29. The highest BCUT2D eigenvalue weighted by Gasteiger charge is 2.20. The van der Waals surface area contributed by atoms with Crippen molar-refractivity contribution in [1.29, 1.82) is 0 Å². The lowest BCUT2D eigenvalue weighted by Gasteiger charge is -2.26. The van der Waals surface area contributed by atoms with Crippen LogP contribution in [0.3, 0.4) is 0 Å². The molecular weight excluding hydrogens is 558 g/mol. The zero-order valence-electron chi connectivity index (χ0n) is 25.3. The third-order valence-electron chi connectivity index (χ3n) is 8.49. The smallest absolute Gasteiger partial charge is 0.159 e. The maximum Gasteiger partial charge on any atom is 0.159 e. The van der Waals surface area contributed by atoms with Gasteiger partial charge in [-0.3, -0.25) is 0 Å². The molecular formula is C44H31NO. The first kappa shape index (κ1) is 27.4. The summed E-state index contributed by atoms with van der Waals surface area (Å²) in [6.45, 7) is 0. The van der Waals surface area contributed by atoms with Gasteiger partial charge in [-0.25, -0.2) is 0 Å². The van der Waals surface area contributed by atoms with E-state index < -0.39 is 0 Å². The molecule has 1 heterocycles. The van der Waals surface area contributed by atoms with Gasteiger partial charge in [0.1, 0.15) is 5.58 Å². The lowest BCUT2D eigenvalue weighted by atomic mass is 9.86. The molecule has 0 bridgehead atoms. The Hall–Kier alpha value is -6.12. The van der Waals surface area contributed by atoms with Crippen LogP contribution in [0, 0.1) is 0 Å². The number of hydrogen-bond acceptors (Lipinski definition) is 2. The Labute approximate surface area is 269 Å². The maximum atomic E-state index is 6.51. The van der Waals surface area contributed by atoms with Gasteiger partial charge < -0.3 is 9.32 Å². The Morgan fingerprint density at radius 2 is 0.783 bits per heavy atom. The van der Waals surface area contributed by atoms with E-state index in [2.05, 4.69) is 181 Å². The molecule has 8 aromatic rings. The largest absolute Gasteiger partial charge is 0.454 e. The monoisotopic (exact) mass is 589 g/mol. The van der Waals surface area contributed by atoms with Gasteiger partial charge in [-0.05, 0) is 69.8 Å². The summed E-state index contributed by atoms with van der Waals surface area (Å²) in [5, 5.41) is 2.23. The van der Waals surface area contributed by atoms with Crippen molar-refractivity contribution in [2.75, 3.05) is 4.90 Å². The van der Waals surface area contributed by atoms with Crippen LogP contribution >= 0.6 is 0 Å². The van der Waals surface area contributed by atoms with Gasteiger partial charge in [0, 0.05) is 22.1 Å². The predicted molar refractivity (Wildman–Crippen MR) is 193 cm³/mol. The van der Waals surface area contributed by atoms with Crippen LogP contribution in [0.15, 0.2) is 192 Å². The van der Waals surface area contributed by atoms with Gasteiger partial charge in [0.25, 0.3) is 0 Å². The van der Waals surface area contributed by atoms with Gasteiger partial charge >= 0.3 is 0 Å². The van der Waals surface area contributed by atoms with Crippen molar-refractivity contribution in [3.05, 3.63) is 210 Å². The molecule has 0 unspecified atom stereocenters. The second kappa shape index (κ2) is 12.1. The second-order valence-corrected chi connectivity index (χ2v) is 11.3. The third-order valence-corrected chi connectivity index (χ3v) is 8.49. The molecule has 0 aliphatic carbocycles. The van der Waals surface area contributed by atoms with Crippen molar-refractivity contribution in [2.45, 2.75) is 0 Å². The van der Waals surface area contributed by atoms with Crippen molar-refractivity contribution >= 4 is 50.1 Å². The maximum absolute atomic E-state index is 6.51. The van der Waals surface area contributed by atoms with Crippen molar-refractivity contribution in [3.8, 4) is 0 Å². The van der Waals surface area contributed by atoms with Gasteiger partial charge in [0.05, 0.1) is 5.69 Å². The minimum Gasteiger partial charge on any atom is -0.454 e. The molecule has 0 fully saturated rings. The molecule has 0 aliphatic heterocycles. The number of fused-ring (bicyclic) bond motifs is 3. The number of anilines is 3. The molecule has 0 atom stereocenters. The highest BCUT2D eigenvalue weighted by atomic mass is 16.3. The summed E-state index contributed by atoms with van der Waals surface area (Å²) in [6, 6.07) is 66.2. The number of rotatable bonds is 7. The molecule has 2 nitrogen and oxygen atoms in total. The Bertz CT molecular complexity index is 2230. The van der Waals surface area contributed by atoms with Gasteiger partial charge in [0.2, 0.25) is 0 Å². The van der Waals surface area contributed by atoms with Crippen LogP contribution in [0.2, 0.25) is 0 Å². The normalized spacial score (nSPS) is 11.0. The minimum atomic E-state index is 0.872. The summed E-state index contributed by atoms with van der Waals surface area (Å²) < 4.78 is 6.51. The number of hydrogen-bond donors (Lipinski definition) is 0. The van der Waals surface area contributed by atoms with Gasteiger partial charge in [-0.1, -0.05) is 152 Å². The number of benzene rings is 7. The van der Waals surface area contributed by atoms with E-state index in [9.17, 15) is 0 Å². The van der Waals surface area contributed by atoms with Crippen molar-refractivity contribution in [2.24, 2.45) is 0 Å². The first-order valence-electron chi connectivity index (χ1n) is 15.6. The molecule has 218 valence electrons. The van der Waals surface area contributed by atoms with Gasteiger partial charge in [-0.2, -0.15) is 0 Å². The van der Waals surface area contributed by atoms with Crippen LogP contribution in [-0.2, 0) is 0 Å². The number of nitrogens with zero attached hydrogens (tertiary/aromatic N) is 1. The standard InChI is InChI=1S/C44H31NO/c1-5-16-32(17-6-1)42(33-18-7-2-8-19-33)43(34-20-9-3-10-21-34)35-28-30-37(31-29-35)45(36-22-11-4-12-23-36)40-26-15-25-39-38-24-13-14-27-41(38)46-44(39)40/h1-31H. The molecule has 7 aromatic carbocycles. The fourth-order valence-electron chi connectivity index (χ4n) is 6.41. The summed E-state index contributed by atoms with van der Waals surface area (Å²) in [5.74, 6) is 0. The molecule has 0 saturated carbocycles. The number of para-hydroxylation sites is 3. The summed E-state index contributed by atoms with van der Waals surface area (Å²) in [5.41, 5.74) is 11.9. The third kappa shape index (κ3) is 5.06. The first-order valence-corrected chi connectivity index (χ1v) is 15.6. The molecule has 0 aliphatic rings. The molecule has 0 amide bonds. The molecule has 0 saturated heterocycles. The van der Waals surface area contributed by atoms with E-state index >= 15 is 0 Å². The van der Waals surface area contributed by atoms with Crippen LogP contribution in [0.25, 0.3) is 33.1 Å². The lowest BCUT2D eigenvalue weighted by Crippen LogP contribution is -2.10. The zero-order chi connectivity index (χ0) is 30.7. The van der Waals surface area contributed by atoms with Crippen LogP contribution in [-0.4, -0.2) is 0 Å². The first-order chi connectivity index (χ1) is 22.8. The molecule has 0 N–H and O–H groups in total. The van der Waals surface area contributed by atoms with E-state index in [0.29, 0.717) is 0 Å². The average molecular weight is 590 g/mol. The van der Waals surface area contributed by atoms with Crippen LogP contribution in [0.5, 0.6) is 0 Å². The highest BCUT2D eigenvalue weighted by molar-refractivity contribution is 6.10. The molecule has 0 spiro atoms. The zero-order valence-corrected chi connectivity index (χ0v) is 25.3. The fraction of sp³-hybridized carbons (Fsp3) is 0.